The van der Waals surface area contributed by atoms with Crippen LogP contribution >= 0.6 is 0 Å². The molecule has 0 bridgehead atoms. The molecule has 0 saturated carbocycles. The maximum atomic E-state index is 12.7. The summed E-state index contributed by atoms with van der Waals surface area (Å²) in [6.45, 7) is 4.33. The van der Waals surface area contributed by atoms with E-state index in [9.17, 15) is 25.2 Å². The number of ether oxygens (including phenoxy) is 4. The molecule has 6 unspecified atom stereocenters. The van der Waals surface area contributed by atoms with E-state index < -0.39 is 43.4 Å². The summed E-state index contributed by atoms with van der Waals surface area (Å²) in [6, 6.07) is 0. The van der Waals surface area contributed by atoms with Crippen LogP contribution in [0.1, 0.15) is 136 Å². The van der Waals surface area contributed by atoms with Gasteiger partial charge < -0.3 is 39.4 Å². The Morgan fingerprint density at radius 3 is 1.90 bits per heavy atom. The molecule has 1 fully saturated rings. The number of aliphatic hydroxyl groups excluding tert-OH is 4. The molecule has 0 aromatic carbocycles. The molecule has 0 aliphatic carbocycles. The van der Waals surface area contributed by atoms with Crippen molar-refractivity contribution in [3.63, 3.8) is 0 Å². The highest BCUT2D eigenvalue weighted by atomic mass is 16.7. The zero-order chi connectivity index (χ0) is 35.8. The molecule has 1 saturated heterocycles. The number of esters is 1. The van der Waals surface area contributed by atoms with Crippen molar-refractivity contribution < 1.29 is 44.2 Å². The Kier molecular flexibility index (Phi) is 29.6. The third-order valence-electron chi connectivity index (χ3n) is 8.46. The van der Waals surface area contributed by atoms with E-state index in [4.69, 9.17) is 18.9 Å². The van der Waals surface area contributed by atoms with Crippen molar-refractivity contribution in [2.45, 2.75) is 173 Å². The molecule has 0 spiro atoms. The number of aliphatic hydroxyl groups is 4. The summed E-state index contributed by atoms with van der Waals surface area (Å²) in [7, 11) is 0. The highest BCUT2D eigenvalue weighted by Crippen LogP contribution is 2.22. The second-order valence-corrected chi connectivity index (χ2v) is 13.0. The summed E-state index contributed by atoms with van der Waals surface area (Å²) < 4.78 is 22.7. The van der Waals surface area contributed by atoms with Gasteiger partial charge in [-0.3, -0.25) is 4.79 Å². The number of allylic oxidation sites excluding steroid dienone is 8. The molecule has 1 rings (SSSR count). The Morgan fingerprint density at radius 1 is 0.673 bits per heavy atom. The van der Waals surface area contributed by atoms with E-state index in [1.54, 1.807) is 0 Å². The lowest BCUT2D eigenvalue weighted by Gasteiger charge is -2.39. The van der Waals surface area contributed by atoms with Gasteiger partial charge in [-0.2, -0.15) is 0 Å². The Bertz CT molecular complexity index is 885. The summed E-state index contributed by atoms with van der Waals surface area (Å²) >= 11 is 0. The van der Waals surface area contributed by atoms with Crippen molar-refractivity contribution in [3.05, 3.63) is 48.6 Å². The molecule has 0 radical (unpaired) electrons. The van der Waals surface area contributed by atoms with Gasteiger partial charge in [0.25, 0.3) is 0 Å². The van der Waals surface area contributed by atoms with Gasteiger partial charge in [0.1, 0.15) is 30.5 Å². The molecular formula is C40H70O9. The highest BCUT2D eigenvalue weighted by molar-refractivity contribution is 5.69. The average Bonchev–Trinajstić information content (AvgIpc) is 3.10. The van der Waals surface area contributed by atoms with Gasteiger partial charge in [-0.05, 0) is 64.2 Å². The second-order valence-electron chi connectivity index (χ2n) is 13.0. The minimum Gasteiger partial charge on any atom is -0.457 e. The molecule has 0 aromatic heterocycles. The molecule has 4 N–H and O–H groups in total. The molecule has 0 amide bonds. The summed E-state index contributed by atoms with van der Waals surface area (Å²) in [6.07, 6.45) is 29.9. The van der Waals surface area contributed by atoms with Crippen molar-refractivity contribution in [1.82, 2.24) is 0 Å². The van der Waals surface area contributed by atoms with E-state index in [2.05, 4.69) is 62.5 Å². The molecule has 49 heavy (non-hydrogen) atoms. The Hall–Kier alpha value is -1.85. The van der Waals surface area contributed by atoms with Gasteiger partial charge in [-0.1, -0.05) is 114 Å². The Balaban J connectivity index is 2.35. The van der Waals surface area contributed by atoms with Gasteiger partial charge in [-0.25, -0.2) is 0 Å². The molecule has 1 heterocycles. The number of unbranched alkanes of at least 4 members (excludes halogenated alkanes) is 12. The van der Waals surface area contributed by atoms with Crippen LogP contribution in [0.4, 0.5) is 0 Å². The third kappa shape index (κ3) is 24.1. The fourth-order valence-electron chi connectivity index (χ4n) is 5.45. The number of rotatable bonds is 31. The van der Waals surface area contributed by atoms with Crippen LogP contribution < -0.4 is 0 Å². The van der Waals surface area contributed by atoms with Crippen molar-refractivity contribution in [2.24, 2.45) is 0 Å². The third-order valence-corrected chi connectivity index (χ3v) is 8.46. The maximum absolute atomic E-state index is 12.7. The fourth-order valence-corrected chi connectivity index (χ4v) is 5.45. The van der Waals surface area contributed by atoms with Crippen LogP contribution in [0.3, 0.4) is 0 Å². The van der Waals surface area contributed by atoms with Crippen molar-refractivity contribution >= 4 is 5.97 Å². The standard InChI is InChI=1S/C40H70O9/c1-3-5-7-9-11-13-15-16-17-18-19-21-23-25-27-29-36(42)48-34(33-47-40-39(45)38(44)37(43)35(31-41)49-40)32-46-30-28-26-24-22-20-14-12-10-8-6-4-2/h5,7-8,10-11,13,16-17,34-35,37-41,43-45H,3-4,6,9,12,14-15,18-33H2,1-2H3/b7-5-,10-8-,13-11-,17-16-. The summed E-state index contributed by atoms with van der Waals surface area (Å²) in [5, 5.41) is 39.9. The maximum Gasteiger partial charge on any atom is 0.306 e. The van der Waals surface area contributed by atoms with E-state index in [1.807, 2.05) is 0 Å². The van der Waals surface area contributed by atoms with Gasteiger partial charge in [0.2, 0.25) is 0 Å². The molecular weight excluding hydrogens is 624 g/mol. The van der Waals surface area contributed by atoms with Crippen molar-refractivity contribution in [1.29, 1.82) is 0 Å². The summed E-state index contributed by atoms with van der Waals surface area (Å²) in [5.41, 5.74) is 0. The van der Waals surface area contributed by atoms with Crippen molar-refractivity contribution in [3.8, 4) is 0 Å². The smallest absolute Gasteiger partial charge is 0.306 e. The second kappa shape index (κ2) is 32.1. The first-order chi connectivity index (χ1) is 23.9. The van der Waals surface area contributed by atoms with E-state index in [1.165, 1.54) is 25.7 Å². The number of hydrogen-bond donors (Lipinski definition) is 4. The quantitative estimate of drug-likeness (QED) is 0.0333. The van der Waals surface area contributed by atoms with Crippen LogP contribution in [0.5, 0.6) is 0 Å². The first-order valence-corrected chi connectivity index (χ1v) is 19.2. The zero-order valence-corrected chi connectivity index (χ0v) is 30.7. The van der Waals surface area contributed by atoms with Crippen LogP contribution in [0.15, 0.2) is 48.6 Å². The lowest BCUT2D eigenvalue weighted by molar-refractivity contribution is -0.305. The minimum atomic E-state index is -1.54. The van der Waals surface area contributed by atoms with E-state index in [0.717, 1.165) is 89.9 Å². The molecule has 9 heteroatoms. The van der Waals surface area contributed by atoms with Crippen LogP contribution in [0.25, 0.3) is 0 Å². The Morgan fingerprint density at radius 2 is 1.24 bits per heavy atom. The van der Waals surface area contributed by atoms with E-state index in [-0.39, 0.29) is 19.2 Å². The highest BCUT2D eigenvalue weighted by Gasteiger charge is 2.44. The summed E-state index contributed by atoms with van der Waals surface area (Å²) in [4.78, 5) is 12.7. The number of carbonyl (C=O) groups is 1. The van der Waals surface area contributed by atoms with Crippen molar-refractivity contribution in [2.75, 3.05) is 26.4 Å². The first kappa shape index (κ1) is 45.2. The number of hydrogen-bond acceptors (Lipinski definition) is 9. The fraction of sp³-hybridized carbons (Fsp3) is 0.775. The monoisotopic (exact) mass is 695 g/mol. The van der Waals surface area contributed by atoms with Crippen LogP contribution in [-0.4, -0.2) is 89.6 Å². The largest absolute Gasteiger partial charge is 0.457 e. The van der Waals surface area contributed by atoms with Gasteiger partial charge in [0, 0.05) is 13.0 Å². The number of carbonyl (C=O) groups excluding carboxylic acids is 1. The van der Waals surface area contributed by atoms with E-state index in [0.29, 0.717) is 13.0 Å². The zero-order valence-electron chi connectivity index (χ0n) is 30.7. The molecule has 284 valence electrons. The van der Waals surface area contributed by atoms with Gasteiger partial charge in [0.15, 0.2) is 6.29 Å². The molecule has 1 aliphatic heterocycles. The summed E-state index contributed by atoms with van der Waals surface area (Å²) in [5.74, 6) is -0.336. The molecule has 1 aliphatic rings. The van der Waals surface area contributed by atoms with E-state index >= 15 is 0 Å². The topological polar surface area (TPSA) is 135 Å². The predicted octanol–water partition coefficient (Wildman–Crippen LogP) is 7.41. The minimum absolute atomic E-state index is 0.125. The van der Waals surface area contributed by atoms with Crippen LogP contribution in [0.2, 0.25) is 0 Å². The molecule has 6 atom stereocenters. The predicted molar refractivity (Wildman–Crippen MR) is 196 cm³/mol. The van der Waals surface area contributed by atoms with Gasteiger partial charge in [0.05, 0.1) is 19.8 Å². The Labute approximate surface area is 297 Å². The molecule has 0 aromatic rings. The average molecular weight is 695 g/mol. The lowest BCUT2D eigenvalue weighted by Crippen LogP contribution is -2.59. The first-order valence-electron chi connectivity index (χ1n) is 19.2. The van der Waals surface area contributed by atoms with Crippen LogP contribution in [-0.2, 0) is 23.7 Å². The normalized spacial score (nSPS) is 22.3. The van der Waals surface area contributed by atoms with Crippen LogP contribution in [0, 0.1) is 0 Å². The van der Waals surface area contributed by atoms with Gasteiger partial charge in [-0.15, -0.1) is 0 Å². The molecule has 9 nitrogen and oxygen atoms in total. The SMILES string of the molecule is CC/C=C\C/C=C\C/C=C\CCCCCCCC(=O)OC(COCCCCCCCC/C=C\CCC)COC1OC(CO)C(O)C(O)C1O. The van der Waals surface area contributed by atoms with Gasteiger partial charge >= 0.3 is 5.97 Å². The lowest BCUT2D eigenvalue weighted by atomic mass is 9.99.